The van der Waals surface area contributed by atoms with Crippen molar-refractivity contribution in [2.24, 2.45) is 0 Å². The van der Waals surface area contributed by atoms with E-state index in [0.29, 0.717) is 23.6 Å². The van der Waals surface area contributed by atoms with E-state index in [4.69, 9.17) is 5.73 Å². The first-order valence-electron chi connectivity index (χ1n) is 5.21. The number of hydrogen-bond donors (Lipinski definition) is 3. The fourth-order valence-electron chi connectivity index (χ4n) is 1.35. The predicted molar refractivity (Wildman–Crippen MR) is 67.4 cm³/mol. The molecule has 0 aromatic carbocycles. The van der Waals surface area contributed by atoms with Crippen molar-refractivity contribution >= 4 is 22.7 Å². The molecule has 1 aromatic heterocycles. The van der Waals surface area contributed by atoms with Crippen molar-refractivity contribution in [3.05, 3.63) is 23.9 Å². The number of nitrogen functional groups attached to an aromatic ring is 1. The summed E-state index contributed by atoms with van der Waals surface area (Å²) in [5.41, 5.74) is 6.01. The molecule has 0 aliphatic carbocycles. The van der Waals surface area contributed by atoms with Crippen LogP contribution in [0.4, 0.5) is 5.82 Å². The highest BCUT2D eigenvalue weighted by Crippen LogP contribution is 2.21. The standard InChI is InChI=1S/C11H16N2O3S/c1-7(14)17-5-3-9(15)11(16)8-2-4-13-10(12)6-8/h2,4,6,9,11,15-16H,3,5H2,1H3,(H2,12,13). The molecule has 0 aliphatic rings. The zero-order chi connectivity index (χ0) is 12.8. The third kappa shape index (κ3) is 4.72. The number of aliphatic hydroxyl groups is 2. The van der Waals surface area contributed by atoms with Gasteiger partial charge in [-0.2, -0.15) is 0 Å². The Balaban J connectivity index is 2.51. The molecule has 5 nitrogen and oxygen atoms in total. The minimum Gasteiger partial charge on any atom is -0.390 e. The van der Waals surface area contributed by atoms with Crippen molar-refractivity contribution in [3.8, 4) is 0 Å². The number of aromatic nitrogens is 1. The van der Waals surface area contributed by atoms with Crippen LogP contribution >= 0.6 is 11.8 Å². The first-order chi connectivity index (χ1) is 8.00. The van der Waals surface area contributed by atoms with Gasteiger partial charge in [-0.1, -0.05) is 11.8 Å². The normalized spacial score (nSPS) is 14.3. The molecule has 0 amide bonds. The molecule has 17 heavy (non-hydrogen) atoms. The average molecular weight is 256 g/mol. The molecule has 0 radical (unpaired) electrons. The molecule has 0 aliphatic heterocycles. The van der Waals surface area contributed by atoms with E-state index in [1.165, 1.54) is 19.2 Å². The van der Waals surface area contributed by atoms with Crippen LogP contribution in [0.15, 0.2) is 18.3 Å². The zero-order valence-electron chi connectivity index (χ0n) is 9.54. The Morgan fingerprint density at radius 3 is 2.88 bits per heavy atom. The molecule has 94 valence electrons. The summed E-state index contributed by atoms with van der Waals surface area (Å²) in [6, 6.07) is 3.12. The molecule has 0 saturated carbocycles. The number of hydrogen-bond acceptors (Lipinski definition) is 6. The molecule has 4 N–H and O–H groups in total. The van der Waals surface area contributed by atoms with Gasteiger partial charge >= 0.3 is 0 Å². The van der Waals surface area contributed by atoms with Gasteiger partial charge in [-0.05, 0) is 24.1 Å². The second kappa shape index (κ2) is 6.58. The Bertz CT molecular complexity index is 387. The molecule has 2 atom stereocenters. The summed E-state index contributed by atoms with van der Waals surface area (Å²) in [5, 5.41) is 19.6. The Labute approximate surface area is 104 Å². The minimum atomic E-state index is -1.01. The third-order valence-corrected chi connectivity index (χ3v) is 3.08. The number of anilines is 1. The number of carbonyl (C=O) groups is 1. The van der Waals surface area contributed by atoms with Gasteiger partial charge in [0.1, 0.15) is 11.9 Å². The van der Waals surface area contributed by atoms with Crippen LogP contribution in [0.2, 0.25) is 0 Å². The van der Waals surface area contributed by atoms with Gasteiger partial charge in [-0.25, -0.2) is 4.98 Å². The van der Waals surface area contributed by atoms with Gasteiger partial charge in [0.2, 0.25) is 0 Å². The summed E-state index contributed by atoms with van der Waals surface area (Å²) < 4.78 is 0. The van der Waals surface area contributed by atoms with Crippen LogP contribution in [0, 0.1) is 0 Å². The second-order valence-corrected chi connectivity index (χ2v) is 4.93. The average Bonchev–Trinajstić information content (AvgIpc) is 2.27. The molecule has 6 heteroatoms. The van der Waals surface area contributed by atoms with E-state index in [2.05, 4.69) is 4.98 Å². The van der Waals surface area contributed by atoms with Gasteiger partial charge in [0, 0.05) is 18.9 Å². The monoisotopic (exact) mass is 256 g/mol. The molecule has 0 saturated heterocycles. The fraction of sp³-hybridized carbons (Fsp3) is 0.455. The number of thioether (sulfide) groups is 1. The first kappa shape index (κ1) is 14.0. The number of rotatable bonds is 5. The van der Waals surface area contributed by atoms with E-state index >= 15 is 0 Å². The smallest absolute Gasteiger partial charge is 0.185 e. The van der Waals surface area contributed by atoms with Crippen LogP contribution in [0.1, 0.15) is 25.0 Å². The highest BCUT2D eigenvalue weighted by molar-refractivity contribution is 8.13. The van der Waals surface area contributed by atoms with Crippen LogP contribution in [0.3, 0.4) is 0 Å². The summed E-state index contributed by atoms with van der Waals surface area (Å²) in [5.74, 6) is 0.778. The van der Waals surface area contributed by atoms with E-state index in [1.54, 1.807) is 6.07 Å². The Kier molecular flexibility index (Phi) is 5.40. The van der Waals surface area contributed by atoms with Crippen molar-refractivity contribution in [2.45, 2.75) is 25.6 Å². The number of aliphatic hydroxyl groups excluding tert-OH is 2. The molecule has 0 bridgehead atoms. The topological polar surface area (TPSA) is 96.4 Å². The van der Waals surface area contributed by atoms with E-state index < -0.39 is 12.2 Å². The SMILES string of the molecule is CC(=O)SCCC(O)C(O)c1ccnc(N)c1. The summed E-state index contributed by atoms with van der Waals surface area (Å²) >= 11 is 1.13. The van der Waals surface area contributed by atoms with E-state index in [-0.39, 0.29) is 5.12 Å². The van der Waals surface area contributed by atoms with Gasteiger partial charge in [0.05, 0.1) is 6.10 Å². The maximum atomic E-state index is 10.7. The van der Waals surface area contributed by atoms with Crippen LogP contribution < -0.4 is 5.73 Å². The van der Waals surface area contributed by atoms with Gasteiger partial charge < -0.3 is 15.9 Å². The maximum absolute atomic E-state index is 10.7. The van der Waals surface area contributed by atoms with Gasteiger partial charge in [-0.15, -0.1) is 0 Å². The lowest BCUT2D eigenvalue weighted by molar-refractivity contribution is -0.109. The van der Waals surface area contributed by atoms with E-state index in [0.717, 1.165) is 11.8 Å². The summed E-state index contributed by atoms with van der Waals surface area (Å²) in [4.78, 5) is 14.5. The lowest BCUT2D eigenvalue weighted by Crippen LogP contribution is -2.19. The van der Waals surface area contributed by atoms with Gasteiger partial charge in [-0.3, -0.25) is 4.79 Å². The minimum absolute atomic E-state index is 0.000143. The molecule has 1 aromatic rings. The quantitative estimate of drug-likeness (QED) is 0.718. The van der Waals surface area contributed by atoms with Crippen molar-refractivity contribution in [1.29, 1.82) is 0 Å². The Hall–Kier alpha value is -1.11. The molecule has 1 heterocycles. The first-order valence-corrected chi connectivity index (χ1v) is 6.20. The van der Waals surface area contributed by atoms with Crippen molar-refractivity contribution in [1.82, 2.24) is 4.98 Å². The number of pyridine rings is 1. The lowest BCUT2D eigenvalue weighted by atomic mass is 10.0. The molecule has 1 rings (SSSR count). The highest BCUT2D eigenvalue weighted by atomic mass is 32.2. The molecule has 2 unspecified atom stereocenters. The molecule has 0 fully saturated rings. The predicted octanol–water partition coefficient (Wildman–Crippen LogP) is 0.728. The maximum Gasteiger partial charge on any atom is 0.185 e. The zero-order valence-corrected chi connectivity index (χ0v) is 10.4. The van der Waals surface area contributed by atoms with Crippen LogP contribution in [0.25, 0.3) is 0 Å². The van der Waals surface area contributed by atoms with Crippen molar-refractivity contribution < 1.29 is 15.0 Å². The molecular weight excluding hydrogens is 240 g/mol. The molecular formula is C11H16N2O3S. The number of nitrogens with zero attached hydrogens (tertiary/aromatic N) is 1. The summed E-state index contributed by atoms with van der Waals surface area (Å²) in [7, 11) is 0. The number of nitrogens with two attached hydrogens (primary N) is 1. The van der Waals surface area contributed by atoms with Gasteiger partial charge in [0.25, 0.3) is 0 Å². The Morgan fingerprint density at radius 2 is 2.29 bits per heavy atom. The summed E-state index contributed by atoms with van der Waals surface area (Å²) in [6.07, 6.45) is -0.102. The van der Waals surface area contributed by atoms with Crippen LogP contribution in [-0.4, -0.2) is 32.2 Å². The largest absolute Gasteiger partial charge is 0.390 e. The van der Waals surface area contributed by atoms with Crippen molar-refractivity contribution in [2.75, 3.05) is 11.5 Å². The Morgan fingerprint density at radius 1 is 1.59 bits per heavy atom. The number of carbonyl (C=O) groups excluding carboxylic acids is 1. The van der Waals surface area contributed by atoms with E-state index in [9.17, 15) is 15.0 Å². The van der Waals surface area contributed by atoms with Gasteiger partial charge in [0.15, 0.2) is 5.12 Å². The second-order valence-electron chi connectivity index (χ2n) is 3.65. The molecule has 0 spiro atoms. The summed E-state index contributed by atoms with van der Waals surface area (Å²) in [6.45, 7) is 1.47. The van der Waals surface area contributed by atoms with Crippen LogP contribution in [0.5, 0.6) is 0 Å². The lowest BCUT2D eigenvalue weighted by Gasteiger charge is -2.17. The van der Waals surface area contributed by atoms with Crippen LogP contribution in [-0.2, 0) is 4.79 Å². The van der Waals surface area contributed by atoms with Crippen molar-refractivity contribution in [3.63, 3.8) is 0 Å². The fourth-order valence-corrected chi connectivity index (χ4v) is 2.00. The van der Waals surface area contributed by atoms with E-state index in [1.807, 2.05) is 0 Å². The third-order valence-electron chi connectivity index (χ3n) is 2.23. The highest BCUT2D eigenvalue weighted by Gasteiger charge is 2.18.